The van der Waals surface area contributed by atoms with Crippen LogP contribution in [-0.4, -0.2) is 51.8 Å². The summed E-state index contributed by atoms with van der Waals surface area (Å²) in [6.07, 6.45) is 5.70. The molecule has 0 spiro atoms. The summed E-state index contributed by atoms with van der Waals surface area (Å²) >= 11 is 0. The van der Waals surface area contributed by atoms with Crippen LogP contribution in [0, 0.1) is 12.7 Å². The zero-order chi connectivity index (χ0) is 20.8. The minimum atomic E-state index is -0.389. The van der Waals surface area contributed by atoms with Crippen LogP contribution in [0.2, 0.25) is 0 Å². The fourth-order valence-corrected chi connectivity index (χ4v) is 4.28. The maximum atomic E-state index is 15.2. The number of nitrogens with one attached hydrogen (secondary N) is 1. The minimum Gasteiger partial charge on any atom is -0.377 e. The number of morpholine rings is 1. The Morgan fingerprint density at radius 3 is 2.87 bits per heavy atom. The summed E-state index contributed by atoms with van der Waals surface area (Å²) in [6, 6.07) is 2.02. The Morgan fingerprint density at radius 1 is 1.30 bits per heavy atom. The number of aryl methyl sites for hydroxylation is 2. The summed E-state index contributed by atoms with van der Waals surface area (Å²) < 4.78 is 22.5. The molecule has 9 heteroatoms. The van der Waals surface area contributed by atoms with Gasteiger partial charge in [-0.25, -0.2) is 9.37 Å². The van der Waals surface area contributed by atoms with Gasteiger partial charge in [0.1, 0.15) is 5.82 Å². The smallest absolute Gasteiger partial charge is 0.151 e. The molecule has 1 N–H and O–H groups in total. The average Bonchev–Trinajstić information content (AvgIpc) is 3.37. The van der Waals surface area contributed by atoms with E-state index < -0.39 is 0 Å². The predicted octanol–water partition coefficient (Wildman–Crippen LogP) is 2.72. The van der Waals surface area contributed by atoms with Crippen LogP contribution < -0.4 is 10.3 Å². The molecule has 0 aliphatic carbocycles. The number of hydrogen-bond acceptors (Lipinski definition) is 7. The lowest BCUT2D eigenvalue weighted by Crippen LogP contribution is -2.44. The number of nitrogens with zero attached hydrogens (tertiary/aromatic N) is 6. The number of pyridine rings is 2. The van der Waals surface area contributed by atoms with Gasteiger partial charge in [0.05, 0.1) is 48.4 Å². The summed E-state index contributed by atoms with van der Waals surface area (Å²) in [6.45, 7) is 6.04. The lowest BCUT2D eigenvalue weighted by Gasteiger charge is -2.34. The van der Waals surface area contributed by atoms with E-state index in [4.69, 9.17) is 9.72 Å². The van der Waals surface area contributed by atoms with Crippen LogP contribution in [0.15, 0.2) is 23.6 Å². The zero-order valence-electron chi connectivity index (χ0n) is 17.3. The molecule has 0 radical (unpaired) electrons. The van der Waals surface area contributed by atoms with E-state index in [0.717, 1.165) is 29.2 Å². The normalized spacial score (nSPS) is 21.4. The fourth-order valence-electron chi connectivity index (χ4n) is 4.28. The first-order valence-corrected chi connectivity index (χ1v) is 10.1. The molecule has 2 atom stereocenters. The first kappa shape index (κ1) is 18.9. The Balaban J connectivity index is 1.79. The van der Waals surface area contributed by atoms with Gasteiger partial charge in [0.2, 0.25) is 0 Å². The van der Waals surface area contributed by atoms with Crippen LogP contribution in [0.1, 0.15) is 30.8 Å². The number of aromatic nitrogens is 4. The molecule has 3 aromatic rings. The molecule has 1 saturated heterocycles. The van der Waals surface area contributed by atoms with Gasteiger partial charge >= 0.3 is 0 Å². The second kappa shape index (κ2) is 7.32. The quantitative estimate of drug-likeness (QED) is 0.717. The highest BCUT2D eigenvalue weighted by molar-refractivity contribution is 5.98. The van der Waals surface area contributed by atoms with Gasteiger partial charge in [-0.2, -0.15) is 10.2 Å². The second-order valence-electron chi connectivity index (χ2n) is 7.89. The van der Waals surface area contributed by atoms with Gasteiger partial charge in [0, 0.05) is 48.9 Å². The lowest BCUT2D eigenvalue weighted by molar-refractivity contribution is 0.0986. The van der Waals surface area contributed by atoms with Gasteiger partial charge in [0.25, 0.3) is 0 Å². The van der Waals surface area contributed by atoms with E-state index in [-0.39, 0.29) is 17.9 Å². The van der Waals surface area contributed by atoms with Crippen molar-refractivity contribution in [3.63, 3.8) is 0 Å². The van der Waals surface area contributed by atoms with Gasteiger partial charge < -0.3 is 15.1 Å². The molecule has 0 saturated carbocycles. The molecule has 30 heavy (non-hydrogen) atoms. The largest absolute Gasteiger partial charge is 0.377 e. The highest BCUT2D eigenvalue weighted by atomic mass is 19.1. The van der Waals surface area contributed by atoms with Gasteiger partial charge in [-0.05, 0) is 19.9 Å². The van der Waals surface area contributed by atoms with E-state index in [1.165, 1.54) is 6.20 Å². The molecule has 5 rings (SSSR count). The molecule has 0 bridgehead atoms. The van der Waals surface area contributed by atoms with E-state index in [9.17, 15) is 0 Å². The second-order valence-corrected chi connectivity index (χ2v) is 7.89. The van der Waals surface area contributed by atoms with E-state index in [2.05, 4.69) is 32.4 Å². The highest BCUT2D eigenvalue weighted by Crippen LogP contribution is 2.37. The molecular formula is C21H24FN7O. The van der Waals surface area contributed by atoms with Crippen LogP contribution in [0.25, 0.3) is 22.0 Å². The van der Waals surface area contributed by atoms with Crippen LogP contribution in [0.5, 0.6) is 0 Å². The van der Waals surface area contributed by atoms with E-state index in [0.29, 0.717) is 36.2 Å². The number of anilines is 1. The van der Waals surface area contributed by atoms with Crippen LogP contribution in [0.4, 0.5) is 10.2 Å². The molecule has 1 fully saturated rings. The highest BCUT2D eigenvalue weighted by Gasteiger charge is 2.27. The SMILES string of the molecule is Cc1nn(C)cc1-c1cc(N2CCOC[C@H]2C)nc2c(C3CC=NN3)ncc(F)c12. The van der Waals surface area contributed by atoms with Crippen LogP contribution in [-0.2, 0) is 11.8 Å². The summed E-state index contributed by atoms with van der Waals surface area (Å²) in [7, 11) is 1.87. The van der Waals surface area contributed by atoms with Crippen molar-refractivity contribution in [1.82, 2.24) is 25.2 Å². The molecule has 5 heterocycles. The third kappa shape index (κ3) is 3.09. The van der Waals surface area contributed by atoms with Crippen molar-refractivity contribution in [3.05, 3.63) is 35.7 Å². The van der Waals surface area contributed by atoms with Crippen molar-refractivity contribution in [2.45, 2.75) is 32.4 Å². The monoisotopic (exact) mass is 409 g/mol. The van der Waals surface area contributed by atoms with Crippen LogP contribution in [0.3, 0.4) is 0 Å². The molecule has 2 aliphatic rings. The maximum Gasteiger partial charge on any atom is 0.151 e. The van der Waals surface area contributed by atoms with E-state index in [1.54, 1.807) is 4.68 Å². The third-order valence-electron chi connectivity index (χ3n) is 5.76. The molecular weight excluding hydrogens is 385 g/mol. The Morgan fingerprint density at radius 2 is 2.17 bits per heavy atom. The Bertz CT molecular complexity index is 1130. The number of ether oxygens (including phenoxy) is 1. The lowest BCUT2D eigenvalue weighted by atomic mass is 9.99. The minimum absolute atomic E-state index is 0.124. The van der Waals surface area contributed by atoms with Crippen molar-refractivity contribution in [1.29, 1.82) is 0 Å². The van der Waals surface area contributed by atoms with Crippen molar-refractivity contribution >= 4 is 22.9 Å². The first-order valence-electron chi connectivity index (χ1n) is 10.1. The Hall–Kier alpha value is -3.07. The molecule has 8 nitrogen and oxygen atoms in total. The standard InChI is InChI=1S/C21H24FN7O/c1-12-11-30-7-6-29(12)18-8-14(15-10-28(3)27-13(15)2)19-16(22)9-23-20(21(19)25-18)17-4-5-24-26-17/h5,8-10,12,17,26H,4,6-7,11H2,1-3H3/t12-,17?/m1/s1. The van der Waals surface area contributed by atoms with Crippen molar-refractivity contribution in [2.24, 2.45) is 12.1 Å². The van der Waals surface area contributed by atoms with Gasteiger partial charge in [-0.15, -0.1) is 0 Å². The van der Waals surface area contributed by atoms with Gasteiger partial charge in [-0.1, -0.05) is 0 Å². The fraction of sp³-hybridized carbons (Fsp3) is 0.429. The number of rotatable bonds is 3. The topological polar surface area (TPSA) is 80.5 Å². The van der Waals surface area contributed by atoms with Crippen LogP contribution >= 0.6 is 0 Å². The first-order chi connectivity index (χ1) is 14.5. The Labute approximate surface area is 173 Å². The Kier molecular flexibility index (Phi) is 4.62. The number of halogens is 1. The molecule has 156 valence electrons. The van der Waals surface area contributed by atoms with Gasteiger partial charge in [-0.3, -0.25) is 9.67 Å². The molecule has 2 aliphatic heterocycles. The third-order valence-corrected chi connectivity index (χ3v) is 5.76. The summed E-state index contributed by atoms with van der Waals surface area (Å²) in [4.78, 5) is 11.5. The van der Waals surface area contributed by atoms with E-state index >= 15 is 4.39 Å². The van der Waals surface area contributed by atoms with Crippen molar-refractivity contribution < 1.29 is 9.13 Å². The number of hydrazone groups is 1. The average molecular weight is 409 g/mol. The van der Waals surface area contributed by atoms with Crippen molar-refractivity contribution in [2.75, 3.05) is 24.7 Å². The predicted molar refractivity (Wildman–Crippen MR) is 113 cm³/mol. The number of fused-ring (bicyclic) bond motifs is 1. The molecule has 0 amide bonds. The molecule has 3 aromatic heterocycles. The maximum absolute atomic E-state index is 15.2. The molecule has 1 unspecified atom stereocenters. The van der Waals surface area contributed by atoms with Gasteiger partial charge in [0.15, 0.2) is 5.82 Å². The summed E-state index contributed by atoms with van der Waals surface area (Å²) in [5, 5.41) is 9.06. The summed E-state index contributed by atoms with van der Waals surface area (Å²) in [5.41, 5.74) is 6.83. The summed E-state index contributed by atoms with van der Waals surface area (Å²) in [5.74, 6) is 0.407. The molecule has 0 aromatic carbocycles. The van der Waals surface area contributed by atoms with Crippen molar-refractivity contribution in [3.8, 4) is 11.1 Å². The number of hydrogen-bond donors (Lipinski definition) is 1. The zero-order valence-corrected chi connectivity index (χ0v) is 17.3. The van der Waals surface area contributed by atoms with E-state index in [1.807, 2.05) is 32.4 Å².